The van der Waals surface area contributed by atoms with Crippen molar-refractivity contribution in [3.05, 3.63) is 0 Å². The van der Waals surface area contributed by atoms with Crippen molar-refractivity contribution in [3.63, 3.8) is 0 Å². The third-order valence-electron chi connectivity index (χ3n) is 4.78. The Labute approximate surface area is 132 Å². The average molecular weight is 299 g/mol. The molecule has 1 saturated heterocycles. The van der Waals surface area contributed by atoms with Crippen molar-refractivity contribution in [2.24, 2.45) is 11.3 Å². The molecule has 0 bridgehead atoms. The topological polar surface area (TPSA) is 26.7 Å². The van der Waals surface area contributed by atoms with Crippen LogP contribution >= 0.6 is 0 Å². The van der Waals surface area contributed by atoms with Crippen molar-refractivity contribution < 1.29 is 5.11 Å². The standard InChI is InChI=1S/C18H38N2O/c1-16(2)20-13-11-19(12-14-20)10-6-7-17(15-21)8-9-18(3,4)5/h16-17,21H,6-15H2,1-5H3/t17-/m0/s1. The van der Waals surface area contributed by atoms with Crippen molar-refractivity contribution in [2.45, 2.75) is 66.3 Å². The van der Waals surface area contributed by atoms with Crippen LogP contribution in [0.15, 0.2) is 0 Å². The number of aliphatic hydroxyl groups is 1. The van der Waals surface area contributed by atoms with Crippen LogP contribution in [0.1, 0.15) is 60.3 Å². The van der Waals surface area contributed by atoms with Gasteiger partial charge in [-0.05, 0) is 57.4 Å². The molecule has 3 heteroatoms. The molecule has 0 spiro atoms. The maximum atomic E-state index is 9.54. The van der Waals surface area contributed by atoms with Gasteiger partial charge in [-0.1, -0.05) is 20.8 Å². The molecule has 21 heavy (non-hydrogen) atoms. The Hall–Kier alpha value is -0.120. The minimum Gasteiger partial charge on any atom is -0.396 e. The van der Waals surface area contributed by atoms with E-state index in [1.807, 2.05) is 0 Å². The highest BCUT2D eigenvalue weighted by molar-refractivity contribution is 4.74. The number of aliphatic hydroxyl groups excluding tert-OH is 1. The first-order valence-corrected chi connectivity index (χ1v) is 8.89. The van der Waals surface area contributed by atoms with Gasteiger partial charge >= 0.3 is 0 Å². The fourth-order valence-electron chi connectivity index (χ4n) is 3.07. The summed E-state index contributed by atoms with van der Waals surface area (Å²) in [6.07, 6.45) is 4.79. The highest BCUT2D eigenvalue weighted by Crippen LogP contribution is 2.25. The van der Waals surface area contributed by atoms with Gasteiger partial charge in [0.05, 0.1) is 0 Å². The summed E-state index contributed by atoms with van der Waals surface area (Å²) in [7, 11) is 0. The van der Waals surface area contributed by atoms with Gasteiger partial charge in [-0.3, -0.25) is 4.90 Å². The largest absolute Gasteiger partial charge is 0.396 e. The second kappa shape index (κ2) is 9.12. The predicted octanol–water partition coefficient (Wildman–Crippen LogP) is 3.23. The summed E-state index contributed by atoms with van der Waals surface area (Å²) in [6, 6.07) is 0.684. The van der Waals surface area contributed by atoms with Gasteiger partial charge in [0.25, 0.3) is 0 Å². The van der Waals surface area contributed by atoms with Gasteiger partial charge in [0.2, 0.25) is 0 Å². The van der Waals surface area contributed by atoms with Crippen LogP contribution < -0.4 is 0 Å². The number of piperazine rings is 1. The molecule has 1 rings (SSSR count). The second-order valence-corrected chi connectivity index (χ2v) is 8.26. The summed E-state index contributed by atoms with van der Waals surface area (Å²) in [4.78, 5) is 5.16. The molecule has 0 aromatic carbocycles. The Morgan fingerprint density at radius 1 is 1.00 bits per heavy atom. The Kier molecular flexibility index (Phi) is 8.22. The zero-order valence-electron chi connectivity index (χ0n) is 15.1. The minimum atomic E-state index is 0.358. The first-order chi connectivity index (χ1) is 9.81. The van der Waals surface area contributed by atoms with Crippen molar-refractivity contribution in [1.29, 1.82) is 0 Å². The van der Waals surface area contributed by atoms with Crippen LogP contribution in [0.2, 0.25) is 0 Å². The van der Waals surface area contributed by atoms with Crippen molar-refractivity contribution in [3.8, 4) is 0 Å². The van der Waals surface area contributed by atoms with Gasteiger partial charge in [-0.25, -0.2) is 0 Å². The zero-order valence-corrected chi connectivity index (χ0v) is 15.1. The quantitative estimate of drug-likeness (QED) is 0.745. The Morgan fingerprint density at radius 3 is 2.10 bits per heavy atom. The molecule has 0 radical (unpaired) electrons. The van der Waals surface area contributed by atoms with Gasteiger partial charge < -0.3 is 10.0 Å². The molecule has 0 saturated carbocycles. The van der Waals surface area contributed by atoms with E-state index in [1.54, 1.807) is 0 Å². The summed E-state index contributed by atoms with van der Waals surface area (Å²) in [5.74, 6) is 0.501. The molecule has 0 amide bonds. The lowest BCUT2D eigenvalue weighted by Gasteiger charge is -2.37. The molecule has 0 aromatic rings. The van der Waals surface area contributed by atoms with E-state index in [-0.39, 0.29) is 0 Å². The molecule has 0 unspecified atom stereocenters. The first-order valence-electron chi connectivity index (χ1n) is 8.89. The summed E-state index contributed by atoms with van der Waals surface area (Å²) in [5.41, 5.74) is 0.389. The predicted molar refractivity (Wildman–Crippen MR) is 91.6 cm³/mol. The fraction of sp³-hybridized carbons (Fsp3) is 1.00. The summed E-state index contributed by atoms with van der Waals surface area (Å²) in [6.45, 7) is 17.9. The van der Waals surface area contributed by atoms with Crippen molar-refractivity contribution in [2.75, 3.05) is 39.3 Å². The summed E-state index contributed by atoms with van der Waals surface area (Å²) >= 11 is 0. The Bertz CT molecular complexity index is 265. The monoisotopic (exact) mass is 298 g/mol. The third-order valence-corrected chi connectivity index (χ3v) is 4.78. The number of hydrogen-bond acceptors (Lipinski definition) is 3. The van der Waals surface area contributed by atoms with E-state index < -0.39 is 0 Å². The van der Waals surface area contributed by atoms with Crippen LogP contribution in [0.25, 0.3) is 0 Å². The van der Waals surface area contributed by atoms with Crippen LogP contribution in [0.4, 0.5) is 0 Å². The van der Waals surface area contributed by atoms with Crippen molar-refractivity contribution >= 4 is 0 Å². The van der Waals surface area contributed by atoms with E-state index in [9.17, 15) is 5.11 Å². The SMILES string of the molecule is CC(C)N1CCN(CCC[C@H](CO)CCC(C)(C)C)CC1. The van der Waals surface area contributed by atoms with E-state index in [0.29, 0.717) is 24.0 Å². The maximum Gasteiger partial charge on any atom is 0.0459 e. The van der Waals surface area contributed by atoms with Gasteiger partial charge in [-0.2, -0.15) is 0 Å². The molecular weight excluding hydrogens is 260 g/mol. The van der Waals surface area contributed by atoms with Gasteiger partial charge in [-0.15, -0.1) is 0 Å². The summed E-state index contributed by atoms with van der Waals surface area (Å²) < 4.78 is 0. The molecule has 1 N–H and O–H groups in total. The van der Waals surface area contributed by atoms with E-state index in [1.165, 1.54) is 58.4 Å². The molecular formula is C18H38N2O. The van der Waals surface area contributed by atoms with Gasteiger partial charge in [0.15, 0.2) is 0 Å². The Morgan fingerprint density at radius 2 is 1.62 bits per heavy atom. The first kappa shape index (κ1) is 18.9. The lowest BCUT2D eigenvalue weighted by Crippen LogP contribution is -2.48. The van der Waals surface area contributed by atoms with E-state index in [2.05, 4.69) is 44.4 Å². The van der Waals surface area contributed by atoms with Crippen molar-refractivity contribution in [1.82, 2.24) is 9.80 Å². The number of rotatable bonds is 8. The lowest BCUT2D eigenvalue weighted by molar-refractivity contribution is 0.104. The third kappa shape index (κ3) is 8.18. The minimum absolute atomic E-state index is 0.358. The smallest absolute Gasteiger partial charge is 0.0459 e. The van der Waals surface area contributed by atoms with Gasteiger partial charge in [0, 0.05) is 38.8 Å². The van der Waals surface area contributed by atoms with E-state index >= 15 is 0 Å². The van der Waals surface area contributed by atoms with E-state index in [0.717, 1.165) is 0 Å². The maximum absolute atomic E-state index is 9.54. The summed E-state index contributed by atoms with van der Waals surface area (Å²) in [5, 5.41) is 9.54. The Balaban J connectivity index is 2.15. The molecule has 3 nitrogen and oxygen atoms in total. The molecule has 126 valence electrons. The molecule has 0 aliphatic carbocycles. The fourth-order valence-corrected chi connectivity index (χ4v) is 3.07. The zero-order chi connectivity index (χ0) is 15.9. The van der Waals surface area contributed by atoms with Gasteiger partial charge in [0.1, 0.15) is 0 Å². The molecule has 1 aliphatic heterocycles. The van der Waals surface area contributed by atoms with Crippen LogP contribution in [-0.2, 0) is 0 Å². The molecule has 1 atom stereocenters. The van der Waals surface area contributed by atoms with E-state index in [4.69, 9.17) is 0 Å². The number of hydrogen-bond donors (Lipinski definition) is 1. The normalized spacial score (nSPS) is 20.1. The molecule has 1 aliphatic rings. The molecule has 1 fully saturated rings. The molecule has 0 aromatic heterocycles. The van der Waals surface area contributed by atoms with Crippen LogP contribution in [-0.4, -0.2) is 60.3 Å². The van der Waals surface area contributed by atoms with Crippen LogP contribution in [0.5, 0.6) is 0 Å². The number of nitrogens with zero attached hydrogens (tertiary/aromatic N) is 2. The van der Waals surface area contributed by atoms with Crippen LogP contribution in [0.3, 0.4) is 0 Å². The second-order valence-electron chi connectivity index (χ2n) is 8.26. The van der Waals surface area contributed by atoms with Crippen LogP contribution in [0, 0.1) is 11.3 Å². The average Bonchev–Trinajstić information content (AvgIpc) is 2.42. The highest BCUT2D eigenvalue weighted by atomic mass is 16.3. The highest BCUT2D eigenvalue weighted by Gasteiger charge is 2.19. The molecule has 1 heterocycles. The lowest BCUT2D eigenvalue weighted by atomic mass is 9.85.